The van der Waals surface area contributed by atoms with Crippen LogP contribution in [0.3, 0.4) is 0 Å². The lowest BCUT2D eigenvalue weighted by Crippen LogP contribution is -2.07. The molecule has 80 valence electrons. The van der Waals surface area contributed by atoms with E-state index >= 15 is 0 Å². The second kappa shape index (κ2) is 3.50. The van der Waals surface area contributed by atoms with Crippen molar-refractivity contribution in [3.63, 3.8) is 0 Å². The molecule has 2 heteroatoms. The highest BCUT2D eigenvalue weighted by atomic mass is 19.1. The number of hydrogen-bond acceptors (Lipinski definition) is 1. The van der Waals surface area contributed by atoms with Crippen molar-refractivity contribution in [1.82, 2.24) is 0 Å². The van der Waals surface area contributed by atoms with Crippen LogP contribution in [0.4, 0.5) is 4.39 Å². The van der Waals surface area contributed by atoms with E-state index in [2.05, 4.69) is 0 Å². The highest BCUT2D eigenvalue weighted by Gasteiger charge is 2.68. The van der Waals surface area contributed by atoms with Crippen molar-refractivity contribution in [3.05, 3.63) is 23.8 Å². The summed E-state index contributed by atoms with van der Waals surface area (Å²) in [5.74, 6) is 0. The zero-order valence-electron chi connectivity index (χ0n) is 9.34. The smallest absolute Gasteiger partial charge is 0.108 e. The molecule has 0 aliphatic heterocycles. The van der Waals surface area contributed by atoms with Crippen molar-refractivity contribution in [2.45, 2.75) is 33.8 Å². The average Bonchev–Trinajstić information content (AvgIpc) is 2.53. The largest absolute Gasteiger partial charge is 0.392 e. The molecule has 2 atom stereocenters. The predicted molar refractivity (Wildman–Crippen MR) is 56.8 cm³/mol. The fourth-order valence-corrected chi connectivity index (χ4v) is 2.22. The van der Waals surface area contributed by atoms with Gasteiger partial charge in [-0.3, -0.25) is 0 Å². The van der Waals surface area contributed by atoms with Crippen LogP contribution in [-0.4, -0.2) is 17.9 Å². The second-order valence-corrected chi connectivity index (χ2v) is 4.63. The van der Waals surface area contributed by atoms with Crippen LogP contribution in [0.25, 0.3) is 0 Å². The van der Waals surface area contributed by atoms with E-state index in [0.29, 0.717) is 0 Å². The number of halogens is 1. The Hall–Kier alpha value is -0.630. The van der Waals surface area contributed by atoms with E-state index < -0.39 is 6.67 Å². The minimum absolute atomic E-state index is 0.102. The lowest BCUT2D eigenvalue weighted by Gasteiger charge is -2.14. The van der Waals surface area contributed by atoms with Crippen LogP contribution in [0, 0.1) is 10.8 Å². The molecule has 0 saturated heterocycles. The topological polar surface area (TPSA) is 20.2 Å². The lowest BCUT2D eigenvalue weighted by atomic mass is 9.89. The third kappa shape index (κ3) is 1.33. The van der Waals surface area contributed by atoms with E-state index in [1.807, 2.05) is 33.8 Å². The maximum Gasteiger partial charge on any atom is 0.108 e. The zero-order valence-corrected chi connectivity index (χ0v) is 9.34. The molecule has 14 heavy (non-hydrogen) atoms. The maximum atomic E-state index is 12.0. The molecule has 0 heterocycles. The molecule has 1 N–H and O–H groups in total. The molecule has 1 aliphatic rings. The first-order chi connectivity index (χ1) is 6.42. The van der Waals surface area contributed by atoms with Gasteiger partial charge in [0.2, 0.25) is 0 Å². The molecule has 0 bridgehead atoms. The molecule has 1 rings (SSSR count). The summed E-state index contributed by atoms with van der Waals surface area (Å²) in [5.41, 5.74) is 0.704. The molecule has 1 fully saturated rings. The van der Waals surface area contributed by atoms with Gasteiger partial charge in [0.25, 0.3) is 0 Å². The van der Waals surface area contributed by atoms with E-state index in [9.17, 15) is 9.50 Å². The number of rotatable bonds is 3. The second-order valence-electron chi connectivity index (χ2n) is 4.63. The van der Waals surface area contributed by atoms with E-state index in [-0.39, 0.29) is 16.9 Å². The summed E-state index contributed by atoms with van der Waals surface area (Å²) >= 11 is 0. The van der Waals surface area contributed by atoms with Crippen molar-refractivity contribution >= 4 is 0 Å². The van der Waals surface area contributed by atoms with Crippen LogP contribution < -0.4 is 0 Å². The van der Waals surface area contributed by atoms with Crippen LogP contribution in [0.5, 0.6) is 0 Å². The molecule has 0 amide bonds. The van der Waals surface area contributed by atoms with Gasteiger partial charge in [0.1, 0.15) is 6.67 Å². The molecular formula is C12H19FO. The van der Waals surface area contributed by atoms with Gasteiger partial charge in [-0.2, -0.15) is 0 Å². The minimum Gasteiger partial charge on any atom is -0.392 e. The Morgan fingerprint density at radius 2 is 1.93 bits per heavy atom. The molecule has 0 spiro atoms. The number of allylic oxidation sites excluding steroid dienone is 3. The van der Waals surface area contributed by atoms with Gasteiger partial charge in [0.15, 0.2) is 0 Å². The van der Waals surface area contributed by atoms with Gasteiger partial charge in [-0.25, -0.2) is 4.39 Å². The first-order valence-electron chi connectivity index (χ1n) is 5.00. The molecule has 1 saturated carbocycles. The molecule has 2 unspecified atom stereocenters. The average molecular weight is 198 g/mol. The summed E-state index contributed by atoms with van der Waals surface area (Å²) in [6.07, 6.45) is 4.88. The van der Waals surface area contributed by atoms with Crippen LogP contribution in [0.1, 0.15) is 27.7 Å². The lowest BCUT2D eigenvalue weighted by molar-refractivity contribution is 0.223. The Kier molecular flexibility index (Phi) is 2.86. The molecular weight excluding hydrogens is 179 g/mol. The summed E-state index contributed by atoms with van der Waals surface area (Å²) in [6.45, 7) is 7.55. The molecule has 1 nitrogen and oxygen atoms in total. The van der Waals surface area contributed by atoms with Gasteiger partial charge < -0.3 is 5.11 Å². The summed E-state index contributed by atoms with van der Waals surface area (Å²) < 4.78 is 12.0. The van der Waals surface area contributed by atoms with Crippen molar-refractivity contribution in [2.24, 2.45) is 10.8 Å². The summed E-state index contributed by atoms with van der Waals surface area (Å²) in [4.78, 5) is 0. The first-order valence-corrected chi connectivity index (χ1v) is 5.00. The third-order valence-electron chi connectivity index (χ3n) is 3.78. The Morgan fingerprint density at radius 3 is 2.21 bits per heavy atom. The number of aliphatic hydroxyl groups excluding tert-OH is 1. The van der Waals surface area contributed by atoms with Gasteiger partial charge in [-0.15, -0.1) is 0 Å². The van der Waals surface area contributed by atoms with Gasteiger partial charge in [0.05, 0.1) is 6.10 Å². The Labute approximate surface area is 85.3 Å². The normalized spacial score (nSPS) is 36.4. The number of aliphatic hydroxyl groups is 1. The van der Waals surface area contributed by atoms with Crippen LogP contribution in [0.2, 0.25) is 0 Å². The van der Waals surface area contributed by atoms with E-state index in [0.717, 1.165) is 5.57 Å². The Balaban J connectivity index is 2.89. The van der Waals surface area contributed by atoms with Crippen molar-refractivity contribution in [3.8, 4) is 0 Å². The Bertz CT molecular complexity index is 278. The van der Waals surface area contributed by atoms with Crippen LogP contribution >= 0.6 is 0 Å². The quantitative estimate of drug-likeness (QED) is 0.691. The zero-order chi connectivity index (χ0) is 11.0. The highest BCUT2D eigenvalue weighted by Crippen LogP contribution is 2.67. The number of alkyl halides is 1. The SMILES string of the molecule is C/C=C(\C=C/CF)C1(C)C(O)C1(C)C. The van der Waals surface area contributed by atoms with Gasteiger partial charge in [0, 0.05) is 10.8 Å². The fourth-order valence-electron chi connectivity index (χ4n) is 2.22. The van der Waals surface area contributed by atoms with Gasteiger partial charge >= 0.3 is 0 Å². The minimum atomic E-state index is -0.454. The molecule has 1 aliphatic carbocycles. The van der Waals surface area contributed by atoms with E-state index in [4.69, 9.17) is 0 Å². The van der Waals surface area contributed by atoms with E-state index in [1.165, 1.54) is 6.08 Å². The monoisotopic (exact) mass is 198 g/mol. The highest BCUT2D eigenvalue weighted by molar-refractivity contribution is 5.39. The third-order valence-corrected chi connectivity index (χ3v) is 3.78. The van der Waals surface area contributed by atoms with Crippen LogP contribution in [-0.2, 0) is 0 Å². The maximum absolute atomic E-state index is 12.0. The van der Waals surface area contributed by atoms with E-state index in [1.54, 1.807) is 6.08 Å². The number of hydrogen-bond donors (Lipinski definition) is 1. The molecule has 0 aromatic rings. The predicted octanol–water partition coefficient (Wildman–Crippen LogP) is 2.87. The van der Waals surface area contributed by atoms with Crippen LogP contribution in [0.15, 0.2) is 23.8 Å². The van der Waals surface area contributed by atoms with Crippen molar-refractivity contribution in [2.75, 3.05) is 6.67 Å². The summed E-state index contributed by atoms with van der Waals surface area (Å²) in [7, 11) is 0. The first kappa shape index (κ1) is 11.4. The van der Waals surface area contributed by atoms with Gasteiger partial charge in [-0.1, -0.05) is 39.0 Å². The molecule has 0 aromatic carbocycles. The molecule has 0 radical (unpaired) electrons. The standard InChI is InChI=1S/C12H19FO/c1-5-9(7-6-8-13)12(4)10(14)11(12,2)3/h5-7,10,14H,8H2,1-4H3/b7-6-,9-5+. The summed E-state index contributed by atoms with van der Waals surface area (Å²) in [5, 5.41) is 9.85. The van der Waals surface area contributed by atoms with Crippen molar-refractivity contribution in [1.29, 1.82) is 0 Å². The van der Waals surface area contributed by atoms with Gasteiger partial charge in [-0.05, 0) is 12.5 Å². The fraction of sp³-hybridized carbons (Fsp3) is 0.667. The summed E-state index contributed by atoms with van der Waals surface area (Å²) in [6, 6.07) is 0. The van der Waals surface area contributed by atoms with Crippen molar-refractivity contribution < 1.29 is 9.50 Å². The molecule has 0 aromatic heterocycles. The Morgan fingerprint density at radius 1 is 1.43 bits per heavy atom.